The Morgan fingerprint density at radius 2 is 1.72 bits per heavy atom. The van der Waals surface area contributed by atoms with Crippen LogP contribution in [0.5, 0.6) is 0 Å². The Hall–Kier alpha value is -3.47. The maximum Gasteiger partial charge on any atom is 0.269 e. The highest BCUT2D eigenvalue weighted by Crippen LogP contribution is 2.27. The number of nitrogens with one attached hydrogen (secondary N) is 1. The smallest absolute Gasteiger partial charge is 0.269 e. The van der Waals surface area contributed by atoms with Gasteiger partial charge in [0.15, 0.2) is 5.78 Å². The summed E-state index contributed by atoms with van der Waals surface area (Å²) in [7, 11) is 0. The van der Waals surface area contributed by atoms with Gasteiger partial charge in [-0.25, -0.2) is 0 Å². The first-order valence-corrected chi connectivity index (χ1v) is 9.66. The molecule has 0 bridgehead atoms. The van der Waals surface area contributed by atoms with Crippen molar-refractivity contribution in [2.24, 2.45) is 0 Å². The topological polar surface area (TPSA) is 72.2 Å². The van der Waals surface area contributed by atoms with Crippen LogP contribution in [-0.2, 0) is 6.42 Å². The van der Waals surface area contributed by atoms with Crippen molar-refractivity contribution in [2.75, 3.05) is 5.32 Å². The van der Waals surface area contributed by atoms with E-state index < -0.39 is 4.92 Å². The lowest BCUT2D eigenvalue weighted by Crippen LogP contribution is -2.16. The molecule has 1 unspecified atom stereocenters. The molecule has 0 amide bonds. The minimum atomic E-state index is -0.418. The number of hydrogen-bond acceptors (Lipinski definition) is 4. The van der Waals surface area contributed by atoms with Crippen LogP contribution < -0.4 is 5.32 Å². The molecule has 29 heavy (non-hydrogen) atoms. The van der Waals surface area contributed by atoms with Gasteiger partial charge in [0.05, 0.1) is 11.0 Å². The summed E-state index contributed by atoms with van der Waals surface area (Å²) in [5.74, 6) is -0.0146. The summed E-state index contributed by atoms with van der Waals surface area (Å²) in [6.45, 7) is 4.07. The van der Waals surface area contributed by atoms with Crippen molar-refractivity contribution in [3.63, 3.8) is 0 Å². The average Bonchev–Trinajstić information content (AvgIpc) is 2.74. The van der Waals surface area contributed by atoms with Gasteiger partial charge in [0.25, 0.3) is 5.69 Å². The first kappa shape index (κ1) is 20.3. The van der Waals surface area contributed by atoms with Crippen LogP contribution >= 0.6 is 0 Å². The predicted octanol–water partition coefficient (Wildman–Crippen LogP) is 5.89. The van der Waals surface area contributed by atoms with E-state index in [0.29, 0.717) is 11.1 Å². The molecule has 3 aromatic rings. The minimum Gasteiger partial charge on any atom is -0.378 e. The van der Waals surface area contributed by atoms with E-state index in [2.05, 4.69) is 12.2 Å². The molecule has 0 saturated heterocycles. The highest BCUT2D eigenvalue weighted by atomic mass is 16.6. The van der Waals surface area contributed by atoms with E-state index in [1.807, 2.05) is 61.5 Å². The monoisotopic (exact) mass is 388 g/mol. The molecule has 148 valence electrons. The van der Waals surface area contributed by atoms with E-state index in [4.69, 9.17) is 0 Å². The zero-order valence-electron chi connectivity index (χ0n) is 16.6. The van der Waals surface area contributed by atoms with Gasteiger partial charge < -0.3 is 5.32 Å². The summed E-state index contributed by atoms with van der Waals surface area (Å²) < 4.78 is 0. The average molecular weight is 388 g/mol. The highest BCUT2D eigenvalue weighted by molar-refractivity contribution is 5.96. The number of nitrogens with zero attached hydrogens (tertiary/aromatic N) is 1. The van der Waals surface area contributed by atoms with Gasteiger partial charge in [-0.1, -0.05) is 61.0 Å². The molecule has 0 spiro atoms. The Morgan fingerprint density at radius 1 is 1.03 bits per heavy atom. The molecule has 0 heterocycles. The van der Waals surface area contributed by atoms with Crippen LogP contribution in [0.25, 0.3) is 0 Å². The number of ketones is 1. The molecule has 5 heteroatoms. The zero-order chi connectivity index (χ0) is 20.8. The summed E-state index contributed by atoms with van der Waals surface area (Å²) in [6.07, 6.45) is 1.14. The Balaban J connectivity index is 1.89. The fraction of sp³-hybridized carbons (Fsp3) is 0.208. The van der Waals surface area contributed by atoms with Crippen LogP contribution in [0.2, 0.25) is 0 Å². The molecule has 5 nitrogen and oxygen atoms in total. The van der Waals surface area contributed by atoms with E-state index in [-0.39, 0.29) is 23.9 Å². The third-order valence-corrected chi connectivity index (χ3v) is 4.95. The number of carbonyl (C=O) groups is 1. The Kier molecular flexibility index (Phi) is 6.39. The lowest BCUT2D eigenvalue weighted by molar-refractivity contribution is -0.384. The Bertz CT molecular complexity index is 995. The van der Waals surface area contributed by atoms with Crippen LogP contribution in [0.1, 0.15) is 46.4 Å². The summed E-state index contributed by atoms with van der Waals surface area (Å²) in [5, 5.41) is 14.6. The van der Waals surface area contributed by atoms with Crippen molar-refractivity contribution in [3.8, 4) is 0 Å². The first-order valence-electron chi connectivity index (χ1n) is 9.66. The number of nitro groups is 1. The summed E-state index contributed by atoms with van der Waals surface area (Å²) in [6, 6.07) is 21.5. The van der Waals surface area contributed by atoms with Gasteiger partial charge in [-0.3, -0.25) is 14.9 Å². The van der Waals surface area contributed by atoms with Crippen molar-refractivity contribution in [1.82, 2.24) is 0 Å². The molecule has 3 rings (SSSR count). The van der Waals surface area contributed by atoms with E-state index in [1.54, 1.807) is 6.07 Å². The number of anilines is 1. The molecule has 0 radical (unpaired) electrons. The molecule has 0 aliphatic rings. The molecular formula is C24H24N2O3. The number of carbonyl (C=O) groups excluding carboxylic acids is 1. The van der Waals surface area contributed by atoms with Gasteiger partial charge in [-0.05, 0) is 36.6 Å². The van der Waals surface area contributed by atoms with E-state index >= 15 is 0 Å². The summed E-state index contributed by atoms with van der Waals surface area (Å²) in [4.78, 5) is 23.7. The fourth-order valence-corrected chi connectivity index (χ4v) is 3.19. The number of benzene rings is 3. The third kappa shape index (κ3) is 5.29. The van der Waals surface area contributed by atoms with Gasteiger partial charge in [0, 0.05) is 29.8 Å². The lowest BCUT2D eigenvalue weighted by Gasteiger charge is -2.20. The second-order valence-electron chi connectivity index (χ2n) is 7.09. The maximum absolute atomic E-state index is 12.9. The molecular weight excluding hydrogens is 364 g/mol. The molecule has 0 aliphatic heterocycles. The van der Waals surface area contributed by atoms with Gasteiger partial charge in [-0.2, -0.15) is 0 Å². The molecule has 3 aromatic carbocycles. The van der Waals surface area contributed by atoms with Crippen LogP contribution in [0.15, 0.2) is 72.8 Å². The molecule has 0 aromatic heterocycles. The van der Waals surface area contributed by atoms with Gasteiger partial charge in [-0.15, -0.1) is 0 Å². The number of non-ortho nitro benzene ring substituents is 1. The Morgan fingerprint density at radius 3 is 2.34 bits per heavy atom. The number of aryl methyl sites for hydroxylation is 2. The van der Waals surface area contributed by atoms with Gasteiger partial charge in [0.1, 0.15) is 0 Å². The van der Waals surface area contributed by atoms with Crippen molar-refractivity contribution < 1.29 is 9.72 Å². The van der Waals surface area contributed by atoms with Crippen molar-refractivity contribution in [3.05, 3.63) is 105 Å². The van der Waals surface area contributed by atoms with Crippen LogP contribution in [0, 0.1) is 17.0 Å². The SMILES string of the molecule is CCc1ccc(NC(CC(=O)c2ccc(C)cc2)c2cccc([N+](=O)[O-])c2)cc1. The van der Waals surface area contributed by atoms with E-state index in [0.717, 1.165) is 17.7 Å². The van der Waals surface area contributed by atoms with E-state index in [1.165, 1.54) is 17.7 Å². The van der Waals surface area contributed by atoms with Crippen molar-refractivity contribution in [1.29, 1.82) is 0 Å². The van der Waals surface area contributed by atoms with Gasteiger partial charge in [0.2, 0.25) is 0 Å². The molecule has 1 N–H and O–H groups in total. The second-order valence-corrected chi connectivity index (χ2v) is 7.09. The molecule has 0 fully saturated rings. The third-order valence-electron chi connectivity index (χ3n) is 4.95. The largest absolute Gasteiger partial charge is 0.378 e. The molecule has 0 aliphatic carbocycles. The first-order chi connectivity index (χ1) is 14.0. The molecule has 0 saturated carbocycles. The predicted molar refractivity (Wildman–Crippen MR) is 115 cm³/mol. The minimum absolute atomic E-state index is 0.0124. The second kappa shape index (κ2) is 9.15. The quantitative estimate of drug-likeness (QED) is 0.297. The van der Waals surface area contributed by atoms with Gasteiger partial charge >= 0.3 is 0 Å². The summed E-state index contributed by atoms with van der Waals surface area (Å²) >= 11 is 0. The lowest BCUT2D eigenvalue weighted by atomic mass is 9.96. The Labute approximate surface area is 170 Å². The number of rotatable bonds is 8. The highest BCUT2D eigenvalue weighted by Gasteiger charge is 2.19. The van der Waals surface area contributed by atoms with Crippen LogP contribution in [0.3, 0.4) is 0 Å². The fourth-order valence-electron chi connectivity index (χ4n) is 3.19. The summed E-state index contributed by atoms with van der Waals surface area (Å²) in [5.41, 5.74) is 4.53. The van der Waals surface area contributed by atoms with E-state index in [9.17, 15) is 14.9 Å². The number of nitro benzene ring substituents is 1. The number of Topliss-reactive ketones (excluding diaryl/α,β-unsaturated/α-hetero) is 1. The maximum atomic E-state index is 12.9. The van der Waals surface area contributed by atoms with Crippen LogP contribution in [-0.4, -0.2) is 10.7 Å². The normalized spacial score (nSPS) is 11.7. The standard InChI is InChI=1S/C24H24N2O3/c1-3-18-9-13-21(14-10-18)25-23(20-5-4-6-22(15-20)26(28)29)16-24(27)19-11-7-17(2)8-12-19/h4-15,23,25H,3,16H2,1-2H3. The number of hydrogen-bond donors (Lipinski definition) is 1. The van der Waals surface area contributed by atoms with Crippen LogP contribution in [0.4, 0.5) is 11.4 Å². The zero-order valence-corrected chi connectivity index (χ0v) is 16.6. The molecule has 1 atom stereocenters. The van der Waals surface area contributed by atoms with Crippen molar-refractivity contribution in [2.45, 2.75) is 32.7 Å². The van der Waals surface area contributed by atoms with Crippen molar-refractivity contribution >= 4 is 17.2 Å².